The van der Waals surface area contributed by atoms with Crippen molar-refractivity contribution in [3.05, 3.63) is 70.9 Å². The second-order valence-electron chi connectivity index (χ2n) is 5.86. The number of aromatic nitrogens is 2. The largest absolute Gasteiger partial charge is 0.340 e. The average molecular weight is 353 g/mol. The zero-order valence-electron chi connectivity index (χ0n) is 14.6. The summed E-state index contributed by atoms with van der Waals surface area (Å²) >= 11 is 6.21. The van der Waals surface area contributed by atoms with Crippen molar-refractivity contribution in [2.45, 2.75) is 20.8 Å². The van der Waals surface area contributed by atoms with E-state index in [1.54, 1.807) is 0 Å². The molecule has 0 aliphatic rings. The third-order valence-electron chi connectivity index (χ3n) is 3.91. The van der Waals surface area contributed by atoms with Gasteiger partial charge in [0.15, 0.2) is 0 Å². The number of para-hydroxylation sites is 1. The van der Waals surface area contributed by atoms with E-state index in [9.17, 15) is 0 Å². The van der Waals surface area contributed by atoms with Gasteiger partial charge in [-0.25, -0.2) is 4.98 Å². The monoisotopic (exact) mass is 352 g/mol. The minimum absolute atomic E-state index is 0.675. The van der Waals surface area contributed by atoms with Crippen LogP contribution < -0.4 is 10.2 Å². The Morgan fingerprint density at radius 1 is 1.00 bits per heavy atom. The fourth-order valence-corrected chi connectivity index (χ4v) is 2.78. The van der Waals surface area contributed by atoms with Crippen LogP contribution in [-0.4, -0.2) is 16.5 Å². The van der Waals surface area contributed by atoms with Gasteiger partial charge in [0.25, 0.3) is 0 Å². The predicted octanol–water partition coefficient (Wildman–Crippen LogP) is 5.65. The van der Waals surface area contributed by atoms with Crippen LogP contribution in [0.5, 0.6) is 0 Å². The summed E-state index contributed by atoms with van der Waals surface area (Å²) in [5.74, 6) is 1.42. The number of nitrogens with zero attached hydrogens (tertiary/aromatic N) is 3. The Bertz CT molecular complexity index is 865. The van der Waals surface area contributed by atoms with Gasteiger partial charge in [-0.05, 0) is 50.6 Å². The van der Waals surface area contributed by atoms with Crippen molar-refractivity contribution in [1.29, 1.82) is 0 Å². The lowest BCUT2D eigenvalue weighted by molar-refractivity contribution is 0.936. The molecular weight excluding hydrogens is 332 g/mol. The van der Waals surface area contributed by atoms with Crippen LogP contribution in [0.15, 0.2) is 54.6 Å². The van der Waals surface area contributed by atoms with Crippen LogP contribution in [0.3, 0.4) is 0 Å². The first-order chi connectivity index (χ1) is 12.1. The third kappa shape index (κ3) is 4.09. The summed E-state index contributed by atoms with van der Waals surface area (Å²) in [5, 5.41) is 4.05. The first-order valence-electron chi connectivity index (χ1n) is 8.28. The SMILES string of the molecule is CCN(c1ccccc1)c1nc(C)cc(Nc2ccc(C)c(Cl)c2)n1. The zero-order chi connectivity index (χ0) is 17.8. The second-order valence-corrected chi connectivity index (χ2v) is 6.27. The van der Waals surface area contributed by atoms with Crippen molar-refractivity contribution < 1.29 is 0 Å². The number of hydrogen-bond donors (Lipinski definition) is 1. The quantitative estimate of drug-likeness (QED) is 0.644. The van der Waals surface area contributed by atoms with E-state index in [4.69, 9.17) is 11.6 Å². The first kappa shape index (κ1) is 17.2. The Morgan fingerprint density at radius 3 is 2.44 bits per heavy atom. The zero-order valence-corrected chi connectivity index (χ0v) is 15.4. The van der Waals surface area contributed by atoms with Crippen molar-refractivity contribution in [3.63, 3.8) is 0 Å². The standard InChI is InChI=1S/C20H21ClN4/c1-4-25(17-8-6-5-7-9-17)20-22-15(3)12-19(24-20)23-16-11-10-14(2)18(21)13-16/h5-13H,4H2,1-3H3,(H,22,23,24). The third-order valence-corrected chi connectivity index (χ3v) is 4.32. The molecule has 0 radical (unpaired) electrons. The highest BCUT2D eigenvalue weighted by Crippen LogP contribution is 2.26. The molecule has 0 amide bonds. The number of nitrogens with one attached hydrogen (secondary N) is 1. The molecule has 0 saturated carbocycles. The van der Waals surface area contributed by atoms with Gasteiger partial charge < -0.3 is 10.2 Å². The van der Waals surface area contributed by atoms with Crippen molar-refractivity contribution >= 4 is 34.7 Å². The summed E-state index contributed by atoms with van der Waals surface area (Å²) in [4.78, 5) is 11.4. The molecule has 3 aromatic rings. The van der Waals surface area contributed by atoms with Crippen LogP contribution in [0.2, 0.25) is 5.02 Å². The molecule has 128 valence electrons. The summed E-state index contributed by atoms with van der Waals surface area (Å²) in [7, 11) is 0. The van der Waals surface area contributed by atoms with Gasteiger partial charge in [0.05, 0.1) is 0 Å². The van der Waals surface area contributed by atoms with Gasteiger partial charge in [0.2, 0.25) is 5.95 Å². The van der Waals surface area contributed by atoms with Crippen molar-refractivity contribution in [1.82, 2.24) is 9.97 Å². The lowest BCUT2D eigenvalue weighted by Crippen LogP contribution is -2.19. The van der Waals surface area contributed by atoms with Gasteiger partial charge in [-0.15, -0.1) is 0 Å². The summed E-state index contributed by atoms with van der Waals surface area (Å²) in [5.41, 5.74) is 3.93. The van der Waals surface area contributed by atoms with Crippen LogP contribution in [0.25, 0.3) is 0 Å². The van der Waals surface area contributed by atoms with Crippen molar-refractivity contribution in [2.24, 2.45) is 0 Å². The topological polar surface area (TPSA) is 41.1 Å². The van der Waals surface area contributed by atoms with E-state index in [0.717, 1.165) is 40.0 Å². The van der Waals surface area contributed by atoms with Gasteiger partial charge in [0, 0.05) is 34.7 Å². The Balaban J connectivity index is 1.93. The molecule has 0 aliphatic carbocycles. The summed E-state index contributed by atoms with van der Waals surface area (Å²) in [6.07, 6.45) is 0. The Hall–Kier alpha value is -2.59. The van der Waals surface area contributed by atoms with Gasteiger partial charge in [-0.1, -0.05) is 35.9 Å². The minimum Gasteiger partial charge on any atom is -0.340 e. The van der Waals surface area contributed by atoms with Crippen molar-refractivity contribution in [2.75, 3.05) is 16.8 Å². The van der Waals surface area contributed by atoms with E-state index < -0.39 is 0 Å². The maximum atomic E-state index is 6.21. The van der Waals surface area contributed by atoms with E-state index in [1.165, 1.54) is 0 Å². The highest BCUT2D eigenvalue weighted by atomic mass is 35.5. The van der Waals surface area contributed by atoms with E-state index in [-0.39, 0.29) is 0 Å². The molecule has 1 heterocycles. The molecule has 0 atom stereocenters. The van der Waals surface area contributed by atoms with Crippen LogP contribution in [-0.2, 0) is 0 Å². The first-order valence-corrected chi connectivity index (χ1v) is 8.66. The average Bonchev–Trinajstić information content (AvgIpc) is 2.59. The highest BCUT2D eigenvalue weighted by Gasteiger charge is 2.12. The molecular formula is C20H21ClN4. The molecule has 0 unspecified atom stereocenters. The minimum atomic E-state index is 0.675. The predicted molar refractivity (Wildman–Crippen MR) is 105 cm³/mol. The van der Waals surface area contributed by atoms with E-state index >= 15 is 0 Å². The Labute approximate surface area is 153 Å². The maximum absolute atomic E-state index is 6.21. The molecule has 0 spiro atoms. The van der Waals surface area contributed by atoms with E-state index in [2.05, 4.69) is 39.2 Å². The second kappa shape index (κ2) is 7.53. The maximum Gasteiger partial charge on any atom is 0.232 e. The Kier molecular flexibility index (Phi) is 5.19. The molecule has 0 fully saturated rings. The molecule has 25 heavy (non-hydrogen) atoms. The van der Waals surface area contributed by atoms with E-state index in [0.29, 0.717) is 5.95 Å². The molecule has 1 aromatic heterocycles. The number of anilines is 4. The number of halogens is 1. The van der Waals surface area contributed by atoms with Crippen LogP contribution in [0.4, 0.5) is 23.1 Å². The van der Waals surface area contributed by atoms with E-state index in [1.807, 2.05) is 56.3 Å². The molecule has 1 N–H and O–H groups in total. The number of benzene rings is 2. The smallest absolute Gasteiger partial charge is 0.232 e. The number of rotatable bonds is 5. The van der Waals surface area contributed by atoms with Crippen LogP contribution >= 0.6 is 11.6 Å². The molecule has 3 rings (SSSR count). The molecule has 2 aromatic carbocycles. The van der Waals surface area contributed by atoms with Crippen molar-refractivity contribution in [3.8, 4) is 0 Å². The number of aryl methyl sites for hydroxylation is 2. The lowest BCUT2D eigenvalue weighted by atomic mass is 10.2. The van der Waals surface area contributed by atoms with Gasteiger partial charge in [-0.3, -0.25) is 0 Å². The molecule has 5 heteroatoms. The Morgan fingerprint density at radius 2 is 1.76 bits per heavy atom. The summed E-state index contributed by atoms with van der Waals surface area (Å²) in [6, 6.07) is 18.0. The van der Waals surface area contributed by atoms with Crippen LogP contribution in [0, 0.1) is 13.8 Å². The van der Waals surface area contributed by atoms with Gasteiger partial charge >= 0.3 is 0 Å². The fraction of sp³-hybridized carbons (Fsp3) is 0.200. The molecule has 4 nitrogen and oxygen atoms in total. The van der Waals surface area contributed by atoms with Gasteiger partial charge in [-0.2, -0.15) is 4.98 Å². The van der Waals surface area contributed by atoms with Gasteiger partial charge in [0.1, 0.15) is 5.82 Å². The molecule has 0 aliphatic heterocycles. The van der Waals surface area contributed by atoms with Crippen LogP contribution in [0.1, 0.15) is 18.2 Å². The number of hydrogen-bond acceptors (Lipinski definition) is 4. The molecule has 0 saturated heterocycles. The highest BCUT2D eigenvalue weighted by molar-refractivity contribution is 6.31. The lowest BCUT2D eigenvalue weighted by Gasteiger charge is -2.22. The fourth-order valence-electron chi connectivity index (χ4n) is 2.60. The normalized spacial score (nSPS) is 10.6. The summed E-state index contributed by atoms with van der Waals surface area (Å²) < 4.78 is 0. The summed E-state index contributed by atoms with van der Waals surface area (Å²) in [6.45, 7) is 6.82. The molecule has 0 bridgehead atoms.